The van der Waals surface area contributed by atoms with E-state index in [4.69, 9.17) is 9.40 Å². The maximum absolute atomic E-state index is 14.9. The van der Waals surface area contributed by atoms with Crippen molar-refractivity contribution < 1.29 is 30.8 Å². The van der Waals surface area contributed by atoms with Crippen molar-refractivity contribution in [1.82, 2.24) is 19.9 Å². The third-order valence-electron chi connectivity index (χ3n) is 8.08. The molecule has 0 saturated heterocycles. The van der Waals surface area contributed by atoms with Gasteiger partial charge in [-0.3, -0.25) is 9.10 Å². The van der Waals surface area contributed by atoms with E-state index in [9.17, 15) is 26.4 Å². The van der Waals surface area contributed by atoms with Crippen molar-refractivity contribution in [3.63, 3.8) is 0 Å². The number of nitrogens with zero attached hydrogens (tertiary/aromatic N) is 4. The maximum atomic E-state index is 14.9. The molecule has 6 aromatic rings. The third kappa shape index (κ3) is 4.53. The Labute approximate surface area is 255 Å². The molecule has 1 N–H and O–H groups in total. The van der Waals surface area contributed by atoms with Crippen LogP contribution >= 0.6 is 0 Å². The Balaban J connectivity index is 1.50. The molecule has 45 heavy (non-hydrogen) atoms. The highest BCUT2D eigenvalue weighted by Crippen LogP contribution is 2.41. The predicted molar refractivity (Wildman–Crippen MR) is 164 cm³/mol. The zero-order valence-electron chi connectivity index (χ0n) is 24.2. The molecule has 0 saturated carbocycles. The number of fused-ring (bicyclic) bond motifs is 6. The molecule has 1 aliphatic heterocycles. The second-order valence-electron chi connectivity index (χ2n) is 10.8. The quantitative estimate of drug-likeness (QED) is 0.254. The van der Waals surface area contributed by atoms with Crippen LogP contribution in [-0.4, -0.2) is 49.2 Å². The van der Waals surface area contributed by atoms with E-state index in [0.717, 1.165) is 33.8 Å². The van der Waals surface area contributed by atoms with Gasteiger partial charge in [-0.25, -0.2) is 26.6 Å². The SMILES string of the molecule is CNC(=O)c1c(-c2ccc(F)cc2F)oc2nc(N(C)S(C)(=O)=O)c(-c3ccc4c(n3)-c3cc5c(F)cccc5n3CC4)cc12. The minimum atomic E-state index is -3.86. The smallest absolute Gasteiger partial charge is 0.255 e. The summed E-state index contributed by atoms with van der Waals surface area (Å²) in [5.41, 5.74) is 3.12. The van der Waals surface area contributed by atoms with Crippen molar-refractivity contribution >= 4 is 43.8 Å². The zero-order chi connectivity index (χ0) is 31.8. The largest absolute Gasteiger partial charge is 0.437 e. The number of furan rings is 1. The van der Waals surface area contributed by atoms with E-state index in [0.29, 0.717) is 41.5 Å². The molecule has 0 bridgehead atoms. The van der Waals surface area contributed by atoms with E-state index in [2.05, 4.69) is 10.3 Å². The van der Waals surface area contributed by atoms with E-state index in [1.54, 1.807) is 18.2 Å². The van der Waals surface area contributed by atoms with Crippen LogP contribution in [0.15, 0.2) is 65.1 Å². The first kappa shape index (κ1) is 28.6. The number of carbonyl (C=O) groups is 1. The highest BCUT2D eigenvalue weighted by molar-refractivity contribution is 7.92. The van der Waals surface area contributed by atoms with Gasteiger partial charge in [0.15, 0.2) is 11.6 Å². The average Bonchev–Trinajstić information content (AvgIpc) is 3.58. The molecule has 7 rings (SSSR count). The number of aryl methyl sites for hydroxylation is 2. The van der Waals surface area contributed by atoms with Gasteiger partial charge in [0.2, 0.25) is 15.7 Å². The number of amides is 1. The van der Waals surface area contributed by atoms with Crippen molar-refractivity contribution in [2.45, 2.75) is 13.0 Å². The van der Waals surface area contributed by atoms with Crippen LogP contribution in [0, 0.1) is 17.5 Å². The van der Waals surface area contributed by atoms with E-state index < -0.39 is 27.6 Å². The predicted octanol–water partition coefficient (Wildman–Crippen LogP) is 5.91. The van der Waals surface area contributed by atoms with E-state index in [1.165, 1.54) is 26.2 Å². The Morgan fingerprint density at radius 1 is 0.978 bits per heavy atom. The van der Waals surface area contributed by atoms with Crippen molar-refractivity contribution in [3.8, 4) is 34.0 Å². The van der Waals surface area contributed by atoms with Crippen LogP contribution in [-0.2, 0) is 23.0 Å². The van der Waals surface area contributed by atoms with Gasteiger partial charge in [0.05, 0.1) is 45.4 Å². The number of anilines is 1. The van der Waals surface area contributed by atoms with Crippen LogP contribution in [0.25, 0.3) is 56.0 Å². The summed E-state index contributed by atoms with van der Waals surface area (Å²) in [4.78, 5) is 22.6. The molecule has 0 aliphatic carbocycles. The number of pyridine rings is 2. The topological polar surface area (TPSA) is 110 Å². The van der Waals surface area contributed by atoms with Crippen LogP contribution in [0.3, 0.4) is 0 Å². The second-order valence-corrected chi connectivity index (χ2v) is 12.8. The van der Waals surface area contributed by atoms with Gasteiger partial charge in [-0.15, -0.1) is 0 Å². The molecule has 1 amide bonds. The Morgan fingerprint density at radius 3 is 2.51 bits per heavy atom. The normalized spacial score (nSPS) is 12.8. The molecule has 1 aliphatic rings. The first-order chi connectivity index (χ1) is 21.5. The molecule has 13 heteroatoms. The molecule has 0 fully saturated rings. The number of rotatable bonds is 5. The fraction of sp³-hybridized carbons (Fsp3) is 0.156. The minimum absolute atomic E-state index is 0.0526. The summed E-state index contributed by atoms with van der Waals surface area (Å²) >= 11 is 0. The third-order valence-corrected chi connectivity index (χ3v) is 9.25. The first-order valence-electron chi connectivity index (χ1n) is 13.8. The van der Waals surface area contributed by atoms with Gasteiger partial charge in [0.1, 0.15) is 17.5 Å². The van der Waals surface area contributed by atoms with Crippen molar-refractivity contribution in [1.29, 1.82) is 0 Å². The number of benzene rings is 2. The van der Waals surface area contributed by atoms with Gasteiger partial charge in [-0.1, -0.05) is 12.1 Å². The molecule has 228 valence electrons. The molecule has 5 heterocycles. The van der Waals surface area contributed by atoms with Crippen molar-refractivity contribution in [2.75, 3.05) is 24.7 Å². The number of hydrogen-bond donors (Lipinski definition) is 1. The number of sulfonamides is 1. The lowest BCUT2D eigenvalue weighted by Crippen LogP contribution is -2.26. The lowest BCUT2D eigenvalue weighted by Gasteiger charge is -2.22. The lowest BCUT2D eigenvalue weighted by atomic mass is 10.0. The van der Waals surface area contributed by atoms with E-state index in [1.807, 2.05) is 16.7 Å². The lowest BCUT2D eigenvalue weighted by molar-refractivity contribution is 0.0964. The van der Waals surface area contributed by atoms with Gasteiger partial charge in [0, 0.05) is 37.7 Å². The summed E-state index contributed by atoms with van der Waals surface area (Å²) in [5, 5.41) is 3.13. The fourth-order valence-electron chi connectivity index (χ4n) is 5.79. The average molecular weight is 632 g/mol. The molecular weight excluding hydrogens is 607 g/mol. The zero-order valence-corrected chi connectivity index (χ0v) is 25.0. The second kappa shape index (κ2) is 10.2. The minimum Gasteiger partial charge on any atom is -0.437 e. The number of hydrogen-bond acceptors (Lipinski definition) is 6. The van der Waals surface area contributed by atoms with Gasteiger partial charge in [-0.2, -0.15) is 4.98 Å². The monoisotopic (exact) mass is 631 g/mol. The Bertz CT molecular complexity index is 2330. The van der Waals surface area contributed by atoms with Crippen LogP contribution < -0.4 is 9.62 Å². The van der Waals surface area contributed by atoms with Gasteiger partial charge >= 0.3 is 0 Å². The number of aromatic nitrogens is 3. The number of carbonyl (C=O) groups excluding carboxylic acids is 1. The molecule has 4 aromatic heterocycles. The van der Waals surface area contributed by atoms with Gasteiger partial charge in [-0.05, 0) is 54.4 Å². The summed E-state index contributed by atoms with van der Waals surface area (Å²) in [6.45, 7) is 0.624. The Kier molecular flexibility index (Phi) is 6.48. The molecule has 9 nitrogen and oxygen atoms in total. The van der Waals surface area contributed by atoms with Crippen LogP contribution in [0.1, 0.15) is 15.9 Å². The molecular formula is C32H24F3N5O4S. The molecule has 0 atom stereocenters. The van der Waals surface area contributed by atoms with Crippen LogP contribution in [0.4, 0.5) is 19.0 Å². The Morgan fingerprint density at radius 2 is 1.78 bits per heavy atom. The summed E-state index contributed by atoms with van der Waals surface area (Å²) < 4.78 is 77.7. The van der Waals surface area contributed by atoms with E-state index in [-0.39, 0.29) is 45.2 Å². The summed E-state index contributed by atoms with van der Waals surface area (Å²) in [5.74, 6) is -3.02. The fourth-order valence-corrected chi connectivity index (χ4v) is 6.25. The molecule has 0 unspecified atom stereocenters. The van der Waals surface area contributed by atoms with Crippen LogP contribution in [0.2, 0.25) is 0 Å². The van der Waals surface area contributed by atoms with Crippen molar-refractivity contribution in [2.24, 2.45) is 0 Å². The standard InChI is InChI=1S/C32H24F3N5O4S/c1-36-31(41)27-21-14-20(24-10-7-16-11-12-40-25-6-4-5-22(34)19(25)15-26(40)28(16)37-24)30(39(2)45(3,42)43)38-32(21)44-29(27)18-9-8-17(33)13-23(18)35/h4-10,13-15H,11-12H2,1-3H3,(H,36,41). The number of halogens is 3. The first-order valence-corrected chi connectivity index (χ1v) is 15.7. The van der Waals surface area contributed by atoms with E-state index >= 15 is 0 Å². The van der Waals surface area contributed by atoms with Gasteiger partial charge < -0.3 is 14.3 Å². The Hall–Kier alpha value is -5.17. The van der Waals surface area contributed by atoms with Crippen molar-refractivity contribution in [3.05, 3.63) is 89.2 Å². The highest BCUT2D eigenvalue weighted by atomic mass is 32.2. The summed E-state index contributed by atoms with van der Waals surface area (Å²) in [6.07, 6.45) is 1.64. The molecule has 0 spiro atoms. The van der Waals surface area contributed by atoms with Crippen LogP contribution in [0.5, 0.6) is 0 Å². The highest BCUT2D eigenvalue weighted by Gasteiger charge is 2.29. The maximum Gasteiger partial charge on any atom is 0.255 e. The molecule has 2 aromatic carbocycles. The number of nitrogens with one attached hydrogen (secondary N) is 1. The van der Waals surface area contributed by atoms with Gasteiger partial charge in [0.25, 0.3) is 5.91 Å². The molecule has 0 radical (unpaired) electrons. The summed E-state index contributed by atoms with van der Waals surface area (Å²) in [6, 6.07) is 14.6. The summed E-state index contributed by atoms with van der Waals surface area (Å²) in [7, 11) is -1.15.